The normalized spacial score (nSPS) is 20.6. The van der Waals surface area contributed by atoms with Crippen LogP contribution in [-0.4, -0.2) is 48.3 Å². The Labute approximate surface area is 97.5 Å². The van der Waals surface area contributed by atoms with Crippen molar-refractivity contribution in [3.63, 3.8) is 0 Å². The summed E-state index contributed by atoms with van der Waals surface area (Å²) in [5.41, 5.74) is 4.88. The molecule has 96 valence electrons. The van der Waals surface area contributed by atoms with E-state index in [1.54, 1.807) is 0 Å². The molecule has 0 aromatic rings. The van der Waals surface area contributed by atoms with Crippen LogP contribution in [0.2, 0.25) is 0 Å². The summed E-state index contributed by atoms with van der Waals surface area (Å²) in [6.07, 6.45) is 0.241. The van der Waals surface area contributed by atoms with Crippen LogP contribution in [0, 0.1) is 0 Å². The number of aliphatic carboxylic acids is 1. The summed E-state index contributed by atoms with van der Waals surface area (Å²) >= 11 is 0. The highest BCUT2D eigenvalue weighted by atomic mass is 16.5. The highest BCUT2D eigenvalue weighted by Gasteiger charge is 2.24. The Bertz CT molecular complexity index is 314. The molecule has 1 heterocycles. The fraction of sp³-hybridized carbons (Fsp3) is 0.667. The lowest BCUT2D eigenvalue weighted by molar-refractivity contribution is -0.140. The fourth-order valence-corrected chi connectivity index (χ4v) is 1.43. The fourth-order valence-electron chi connectivity index (χ4n) is 1.43. The third-order valence-electron chi connectivity index (χ3n) is 2.27. The molecule has 1 fully saturated rings. The first-order chi connectivity index (χ1) is 7.99. The number of nitrogens with one attached hydrogen (secondary N) is 2. The van der Waals surface area contributed by atoms with Gasteiger partial charge in [-0.05, 0) is 6.42 Å². The lowest BCUT2D eigenvalue weighted by Gasteiger charge is -2.16. The molecule has 2 unspecified atom stereocenters. The summed E-state index contributed by atoms with van der Waals surface area (Å²) in [6, 6.07) is -2.08. The first kappa shape index (κ1) is 13.2. The van der Waals surface area contributed by atoms with Crippen molar-refractivity contribution in [2.45, 2.75) is 24.9 Å². The number of carboxylic acids is 1. The zero-order chi connectivity index (χ0) is 12.8. The van der Waals surface area contributed by atoms with Crippen LogP contribution in [0.1, 0.15) is 12.8 Å². The number of amides is 3. The highest BCUT2D eigenvalue weighted by molar-refractivity contribution is 5.87. The second kappa shape index (κ2) is 6.04. The number of carboxylic acid groups (broad SMARTS) is 1. The van der Waals surface area contributed by atoms with Crippen molar-refractivity contribution < 1.29 is 24.2 Å². The van der Waals surface area contributed by atoms with Gasteiger partial charge >= 0.3 is 12.0 Å². The van der Waals surface area contributed by atoms with E-state index >= 15 is 0 Å². The summed E-state index contributed by atoms with van der Waals surface area (Å²) in [7, 11) is 0. The van der Waals surface area contributed by atoms with E-state index in [4.69, 9.17) is 15.6 Å². The molecule has 1 aliphatic heterocycles. The predicted molar refractivity (Wildman–Crippen MR) is 56.1 cm³/mol. The van der Waals surface area contributed by atoms with Crippen LogP contribution >= 0.6 is 0 Å². The van der Waals surface area contributed by atoms with Gasteiger partial charge in [-0.1, -0.05) is 0 Å². The van der Waals surface area contributed by atoms with E-state index in [1.165, 1.54) is 0 Å². The molecule has 5 N–H and O–H groups in total. The van der Waals surface area contributed by atoms with Gasteiger partial charge in [-0.15, -0.1) is 0 Å². The van der Waals surface area contributed by atoms with Crippen molar-refractivity contribution in [1.82, 2.24) is 10.6 Å². The van der Waals surface area contributed by atoms with Crippen molar-refractivity contribution in [3.05, 3.63) is 0 Å². The number of carbonyl (C=O) groups is 3. The van der Waals surface area contributed by atoms with Gasteiger partial charge < -0.3 is 26.2 Å². The van der Waals surface area contributed by atoms with Gasteiger partial charge in [0.15, 0.2) is 0 Å². The molecule has 0 radical (unpaired) electrons. The van der Waals surface area contributed by atoms with E-state index in [-0.39, 0.29) is 6.04 Å². The number of hydrogen-bond donors (Lipinski definition) is 4. The van der Waals surface area contributed by atoms with E-state index in [0.717, 1.165) is 0 Å². The van der Waals surface area contributed by atoms with Crippen LogP contribution in [0.3, 0.4) is 0 Å². The van der Waals surface area contributed by atoms with Crippen LogP contribution in [0.15, 0.2) is 0 Å². The van der Waals surface area contributed by atoms with Gasteiger partial charge in [-0.3, -0.25) is 4.79 Å². The number of rotatable bonds is 5. The molecule has 0 aromatic heterocycles. The molecular weight excluding hydrogens is 230 g/mol. The zero-order valence-electron chi connectivity index (χ0n) is 9.14. The smallest absolute Gasteiger partial charge is 0.326 e. The van der Waals surface area contributed by atoms with E-state index < -0.39 is 30.4 Å². The molecule has 0 bridgehead atoms. The molecule has 0 aliphatic carbocycles. The number of nitrogens with two attached hydrogens (primary N) is 1. The molecule has 3 amide bonds. The van der Waals surface area contributed by atoms with E-state index in [1.807, 2.05) is 0 Å². The minimum atomic E-state index is -1.31. The minimum Gasteiger partial charge on any atom is -0.480 e. The first-order valence-corrected chi connectivity index (χ1v) is 5.15. The molecule has 0 saturated carbocycles. The summed E-state index contributed by atoms with van der Waals surface area (Å²) in [5, 5.41) is 13.5. The predicted octanol–water partition coefficient (Wildman–Crippen LogP) is -1.60. The van der Waals surface area contributed by atoms with Crippen LogP contribution in [-0.2, 0) is 14.3 Å². The average molecular weight is 245 g/mol. The van der Waals surface area contributed by atoms with Crippen molar-refractivity contribution in [3.8, 4) is 0 Å². The van der Waals surface area contributed by atoms with Gasteiger partial charge in [0.1, 0.15) is 6.04 Å². The Hall–Kier alpha value is -1.83. The number of hydrogen-bond acceptors (Lipinski definition) is 4. The molecule has 1 saturated heterocycles. The monoisotopic (exact) mass is 245 g/mol. The molecule has 0 aromatic carbocycles. The molecule has 0 spiro atoms. The van der Waals surface area contributed by atoms with Crippen molar-refractivity contribution in [2.24, 2.45) is 5.73 Å². The minimum absolute atomic E-state index is 0.127. The summed E-state index contributed by atoms with van der Waals surface area (Å²) < 4.78 is 5.04. The van der Waals surface area contributed by atoms with Gasteiger partial charge in [0.05, 0.1) is 19.1 Å². The van der Waals surface area contributed by atoms with Crippen LogP contribution in [0.25, 0.3) is 0 Å². The topological polar surface area (TPSA) is 131 Å². The second-order valence-electron chi connectivity index (χ2n) is 3.74. The van der Waals surface area contributed by atoms with E-state index in [9.17, 15) is 14.4 Å². The molecule has 8 heteroatoms. The second-order valence-corrected chi connectivity index (χ2v) is 3.74. The summed E-state index contributed by atoms with van der Waals surface area (Å²) in [6.45, 7) is 0.968. The summed E-state index contributed by atoms with van der Waals surface area (Å²) in [4.78, 5) is 32.7. The standard InChI is InChI=1S/C9H15N3O5/c10-7(13)3-6(8(14)15)12-9(16)11-5-1-2-17-4-5/h5-6H,1-4H2,(H2,10,13)(H,14,15)(H2,11,12,16). The zero-order valence-corrected chi connectivity index (χ0v) is 9.14. The van der Waals surface area contributed by atoms with Gasteiger partial charge in [0, 0.05) is 6.61 Å². The molecule has 2 atom stereocenters. The van der Waals surface area contributed by atoms with Crippen LogP contribution in [0.5, 0.6) is 0 Å². The summed E-state index contributed by atoms with van der Waals surface area (Å²) in [5.74, 6) is -2.09. The molecule has 1 aliphatic rings. The Morgan fingerprint density at radius 1 is 1.47 bits per heavy atom. The van der Waals surface area contributed by atoms with Gasteiger partial charge in [0.25, 0.3) is 0 Å². The maximum Gasteiger partial charge on any atom is 0.326 e. The average Bonchev–Trinajstić information content (AvgIpc) is 2.68. The van der Waals surface area contributed by atoms with E-state index in [0.29, 0.717) is 19.6 Å². The SMILES string of the molecule is NC(=O)CC(NC(=O)NC1CCOC1)C(=O)O. The first-order valence-electron chi connectivity index (χ1n) is 5.15. The maximum atomic E-state index is 11.4. The lowest BCUT2D eigenvalue weighted by atomic mass is 10.2. The van der Waals surface area contributed by atoms with Gasteiger partial charge in [0.2, 0.25) is 5.91 Å². The molecular formula is C9H15N3O5. The van der Waals surface area contributed by atoms with Crippen LogP contribution < -0.4 is 16.4 Å². The molecule has 8 nitrogen and oxygen atoms in total. The number of ether oxygens (including phenoxy) is 1. The van der Waals surface area contributed by atoms with Crippen molar-refractivity contribution >= 4 is 17.9 Å². The quantitative estimate of drug-likeness (QED) is 0.463. The third-order valence-corrected chi connectivity index (χ3v) is 2.27. The number of carbonyl (C=O) groups excluding carboxylic acids is 2. The molecule has 1 rings (SSSR count). The van der Waals surface area contributed by atoms with Crippen molar-refractivity contribution in [1.29, 1.82) is 0 Å². The maximum absolute atomic E-state index is 11.4. The highest BCUT2D eigenvalue weighted by Crippen LogP contribution is 2.03. The number of primary amides is 1. The van der Waals surface area contributed by atoms with Crippen molar-refractivity contribution in [2.75, 3.05) is 13.2 Å². The van der Waals surface area contributed by atoms with Crippen LogP contribution in [0.4, 0.5) is 4.79 Å². The molecule has 17 heavy (non-hydrogen) atoms. The Morgan fingerprint density at radius 2 is 2.18 bits per heavy atom. The Balaban J connectivity index is 2.40. The largest absolute Gasteiger partial charge is 0.480 e. The van der Waals surface area contributed by atoms with Gasteiger partial charge in [-0.25, -0.2) is 9.59 Å². The number of urea groups is 1. The van der Waals surface area contributed by atoms with E-state index in [2.05, 4.69) is 10.6 Å². The Morgan fingerprint density at radius 3 is 2.65 bits per heavy atom. The lowest BCUT2D eigenvalue weighted by Crippen LogP contribution is -2.50. The third kappa shape index (κ3) is 4.68. The van der Waals surface area contributed by atoms with Gasteiger partial charge in [-0.2, -0.15) is 0 Å². The Kier molecular flexibility index (Phi) is 4.70.